The first-order chi connectivity index (χ1) is 7.09. The molecule has 1 aromatic heterocycles. The highest BCUT2D eigenvalue weighted by atomic mass is 32.1. The fraction of sp³-hybridized carbons (Fsp3) is 0.583. The third kappa shape index (κ3) is 4.47. The molecular formula is C12H18O2S. The molecule has 0 saturated carbocycles. The maximum Gasteiger partial charge on any atom is 0.306 e. The van der Waals surface area contributed by atoms with Crippen LogP contribution in [0.4, 0.5) is 0 Å². The van der Waals surface area contributed by atoms with E-state index >= 15 is 0 Å². The zero-order valence-electron chi connectivity index (χ0n) is 9.27. The van der Waals surface area contributed by atoms with E-state index in [0.29, 0.717) is 5.92 Å². The van der Waals surface area contributed by atoms with Gasteiger partial charge in [-0.1, -0.05) is 13.8 Å². The summed E-state index contributed by atoms with van der Waals surface area (Å²) in [7, 11) is 0. The van der Waals surface area contributed by atoms with Gasteiger partial charge >= 0.3 is 5.97 Å². The third-order valence-electron chi connectivity index (χ3n) is 2.47. The van der Waals surface area contributed by atoms with Crippen molar-refractivity contribution >= 4 is 17.3 Å². The smallest absolute Gasteiger partial charge is 0.306 e. The van der Waals surface area contributed by atoms with Gasteiger partial charge in [-0.25, -0.2) is 0 Å². The van der Waals surface area contributed by atoms with Crippen molar-refractivity contribution in [2.75, 3.05) is 0 Å². The fourth-order valence-corrected chi connectivity index (χ4v) is 2.39. The average molecular weight is 226 g/mol. The van der Waals surface area contributed by atoms with Crippen molar-refractivity contribution in [3.8, 4) is 0 Å². The van der Waals surface area contributed by atoms with Crippen molar-refractivity contribution < 1.29 is 9.90 Å². The highest BCUT2D eigenvalue weighted by Gasteiger charge is 2.18. The first-order valence-electron chi connectivity index (χ1n) is 5.33. The fourth-order valence-electron chi connectivity index (χ4n) is 1.69. The Labute approximate surface area is 94.9 Å². The zero-order valence-corrected chi connectivity index (χ0v) is 10.1. The Kier molecular flexibility index (Phi) is 4.82. The lowest BCUT2D eigenvalue weighted by molar-refractivity contribution is -0.142. The molecule has 1 N–H and O–H groups in total. The largest absolute Gasteiger partial charge is 0.481 e. The molecule has 0 aliphatic carbocycles. The predicted octanol–water partition coefficient (Wildman–Crippen LogP) is 3.43. The standard InChI is InChI=1S/C12H18O2S/c1-9(2)7-11(12(13)14)4-3-10-5-6-15-8-10/h5-6,8-9,11H,3-4,7H2,1-2H3,(H,13,14). The molecule has 0 aliphatic rings. The lowest BCUT2D eigenvalue weighted by atomic mass is 9.92. The molecule has 1 heterocycles. The van der Waals surface area contributed by atoms with E-state index < -0.39 is 5.97 Å². The number of carbonyl (C=O) groups is 1. The molecule has 2 nitrogen and oxygen atoms in total. The number of carboxylic acid groups (broad SMARTS) is 1. The Balaban J connectivity index is 2.41. The second kappa shape index (κ2) is 5.91. The Morgan fingerprint density at radius 2 is 2.27 bits per heavy atom. The quantitative estimate of drug-likeness (QED) is 0.807. The minimum atomic E-state index is -0.654. The van der Waals surface area contributed by atoms with Crippen LogP contribution in [0.2, 0.25) is 0 Å². The van der Waals surface area contributed by atoms with Gasteiger partial charge in [-0.05, 0) is 47.6 Å². The van der Waals surface area contributed by atoms with Gasteiger partial charge < -0.3 is 5.11 Å². The predicted molar refractivity (Wildman–Crippen MR) is 63.2 cm³/mol. The van der Waals surface area contributed by atoms with E-state index in [1.807, 2.05) is 5.38 Å². The summed E-state index contributed by atoms with van der Waals surface area (Å²) in [4.78, 5) is 11.0. The average Bonchev–Trinajstić information content (AvgIpc) is 2.63. The molecule has 1 aromatic rings. The van der Waals surface area contributed by atoms with Gasteiger partial charge in [-0.2, -0.15) is 11.3 Å². The number of rotatable bonds is 6. The Bertz CT molecular complexity index is 291. The Morgan fingerprint density at radius 3 is 2.73 bits per heavy atom. The minimum absolute atomic E-state index is 0.190. The topological polar surface area (TPSA) is 37.3 Å². The number of hydrogen-bond acceptors (Lipinski definition) is 2. The van der Waals surface area contributed by atoms with Crippen molar-refractivity contribution in [2.24, 2.45) is 11.8 Å². The monoisotopic (exact) mass is 226 g/mol. The number of aliphatic carboxylic acids is 1. The van der Waals surface area contributed by atoms with Crippen molar-refractivity contribution in [2.45, 2.75) is 33.1 Å². The summed E-state index contributed by atoms with van der Waals surface area (Å²) in [5.74, 6) is -0.391. The van der Waals surface area contributed by atoms with Gasteiger partial charge in [-0.15, -0.1) is 0 Å². The number of aryl methyl sites for hydroxylation is 1. The summed E-state index contributed by atoms with van der Waals surface area (Å²) in [5, 5.41) is 13.2. The van der Waals surface area contributed by atoms with Crippen LogP contribution in [0.3, 0.4) is 0 Å². The lowest BCUT2D eigenvalue weighted by Gasteiger charge is -2.13. The SMILES string of the molecule is CC(C)CC(CCc1ccsc1)C(=O)O. The molecular weight excluding hydrogens is 208 g/mol. The van der Waals surface area contributed by atoms with E-state index in [9.17, 15) is 4.79 Å². The molecule has 0 fully saturated rings. The van der Waals surface area contributed by atoms with Crippen LogP contribution >= 0.6 is 11.3 Å². The molecule has 1 unspecified atom stereocenters. The van der Waals surface area contributed by atoms with E-state index in [2.05, 4.69) is 25.3 Å². The van der Waals surface area contributed by atoms with Gasteiger partial charge in [-0.3, -0.25) is 4.79 Å². The van der Waals surface area contributed by atoms with Gasteiger partial charge in [0.25, 0.3) is 0 Å². The molecule has 0 bridgehead atoms. The van der Waals surface area contributed by atoms with Crippen LogP contribution in [0, 0.1) is 11.8 Å². The van der Waals surface area contributed by atoms with Gasteiger partial charge in [0.05, 0.1) is 5.92 Å². The van der Waals surface area contributed by atoms with E-state index in [1.54, 1.807) is 11.3 Å². The van der Waals surface area contributed by atoms with Crippen LogP contribution in [-0.4, -0.2) is 11.1 Å². The molecule has 0 saturated heterocycles. The Hall–Kier alpha value is -0.830. The first kappa shape index (κ1) is 12.2. The second-order valence-corrected chi connectivity index (χ2v) is 5.12. The molecule has 3 heteroatoms. The molecule has 84 valence electrons. The maximum atomic E-state index is 11.0. The highest BCUT2D eigenvalue weighted by molar-refractivity contribution is 7.07. The molecule has 1 atom stereocenters. The molecule has 1 rings (SSSR count). The minimum Gasteiger partial charge on any atom is -0.481 e. The van der Waals surface area contributed by atoms with Crippen LogP contribution in [-0.2, 0) is 11.2 Å². The molecule has 15 heavy (non-hydrogen) atoms. The van der Waals surface area contributed by atoms with Crippen molar-refractivity contribution in [3.05, 3.63) is 22.4 Å². The molecule has 0 amide bonds. The summed E-state index contributed by atoms with van der Waals surface area (Å²) in [6.07, 6.45) is 2.41. The summed E-state index contributed by atoms with van der Waals surface area (Å²) >= 11 is 1.67. The molecule has 0 spiro atoms. The van der Waals surface area contributed by atoms with Gasteiger partial charge in [0, 0.05) is 0 Å². The molecule has 0 aliphatic heterocycles. The van der Waals surface area contributed by atoms with Crippen LogP contribution in [0.25, 0.3) is 0 Å². The highest BCUT2D eigenvalue weighted by Crippen LogP contribution is 2.19. The van der Waals surface area contributed by atoms with E-state index in [0.717, 1.165) is 19.3 Å². The van der Waals surface area contributed by atoms with Crippen molar-refractivity contribution in [3.63, 3.8) is 0 Å². The number of carboxylic acids is 1. The maximum absolute atomic E-state index is 11.0. The van der Waals surface area contributed by atoms with E-state index in [4.69, 9.17) is 5.11 Å². The summed E-state index contributed by atoms with van der Waals surface area (Å²) in [6.45, 7) is 4.14. The number of hydrogen-bond donors (Lipinski definition) is 1. The second-order valence-electron chi connectivity index (χ2n) is 4.33. The van der Waals surface area contributed by atoms with Crippen LogP contribution in [0.1, 0.15) is 32.3 Å². The van der Waals surface area contributed by atoms with Crippen LogP contribution in [0.5, 0.6) is 0 Å². The molecule has 0 radical (unpaired) electrons. The zero-order chi connectivity index (χ0) is 11.3. The van der Waals surface area contributed by atoms with Gasteiger partial charge in [0.15, 0.2) is 0 Å². The van der Waals surface area contributed by atoms with Gasteiger partial charge in [0.2, 0.25) is 0 Å². The normalized spacial score (nSPS) is 13.0. The lowest BCUT2D eigenvalue weighted by Crippen LogP contribution is -2.16. The summed E-state index contributed by atoms with van der Waals surface area (Å²) in [6, 6.07) is 2.07. The first-order valence-corrected chi connectivity index (χ1v) is 6.27. The summed E-state index contributed by atoms with van der Waals surface area (Å²) < 4.78 is 0. The van der Waals surface area contributed by atoms with Crippen molar-refractivity contribution in [1.82, 2.24) is 0 Å². The van der Waals surface area contributed by atoms with Crippen LogP contribution in [0.15, 0.2) is 16.8 Å². The Morgan fingerprint density at radius 1 is 1.53 bits per heavy atom. The van der Waals surface area contributed by atoms with Gasteiger partial charge in [0.1, 0.15) is 0 Å². The van der Waals surface area contributed by atoms with E-state index in [1.165, 1.54) is 5.56 Å². The number of thiophene rings is 1. The van der Waals surface area contributed by atoms with Crippen molar-refractivity contribution in [1.29, 1.82) is 0 Å². The third-order valence-corrected chi connectivity index (χ3v) is 3.20. The molecule has 0 aromatic carbocycles. The van der Waals surface area contributed by atoms with Crippen LogP contribution < -0.4 is 0 Å². The van der Waals surface area contributed by atoms with E-state index in [-0.39, 0.29) is 5.92 Å². The summed E-state index contributed by atoms with van der Waals surface area (Å²) in [5.41, 5.74) is 1.26.